The van der Waals surface area contributed by atoms with E-state index < -0.39 is 53.5 Å². The Kier molecular flexibility index (Phi) is 7.43. The van der Waals surface area contributed by atoms with Gasteiger partial charge in [-0.05, 0) is 38.5 Å². The fourth-order valence-electron chi connectivity index (χ4n) is 5.37. The Hall–Kier alpha value is -4.09. The van der Waals surface area contributed by atoms with Crippen LogP contribution >= 0.6 is 0 Å². The smallest absolute Gasteiger partial charge is 0.355 e. The summed E-state index contributed by atoms with van der Waals surface area (Å²) in [5.41, 5.74) is 1.70. The zero-order valence-electron chi connectivity index (χ0n) is 22.6. The van der Waals surface area contributed by atoms with Gasteiger partial charge in [-0.25, -0.2) is 32.8 Å². The second-order valence-corrected chi connectivity index (χ2v) is 10.2. The molecule has 1 aliphatic carbocycles. The molecule has 0 radical (unpaired) electrons. The molecule has 0 N–H and O–H groups in total. The van der Waals surface area contributed by atoms with E-state index in [-0.39, 0.29) is 31.3 Å². The lowest BCUT2D eigenvalue weighted by Gasteiger charge is -2.42. The highest BCUT2D eigenvalue weighted by molar-refractivity contribution is 5.90. The second kappa shape index (κ2) is 10.8. The number of halogens is 3. The van der Waals surface area contributed by atoms with Crippen LogP contribution in [-0.4, -0.2) is 69.5 Å². The van der Waals surface area contributed by atoms with E-state index in [1.807, 2.05) is 6.07 Å². The highest BCUT2D eigenvalue weighted by Gasteiger charge is 2.43. The first kappa shape index (κ1) is 27.5. The molecule has 1 saturated heterocycles. The lowest BCUT2D eigenvalue weighted by Crippen LogP contribution is -2.60. The fourth-order valence-corrected chi connectivity index (χ4v) is 5.37. The maximum absolute atomic E-state index is 14.7. The van der Waals surface area contributed by atoms with Crippen molar-refractivity contribution in [2.24, 2.45) is 16.9 Å². The number of carbonyl (C=O) groups excluding carboxylic acids is 2. The van der Waals surface area contributed by atoms with Gasteiger partial charge in [-0.3, -0.25) is 4.57 Å². The second-order valence-electron chi connectivity index (χ2n) is 10.2. The Balaban J connectivity index is 1.27. The van der Waals surface area contributed by atoms with Crippen molar-refractivity contribution >= 4 is 18.2 Å². The summed E-state index contributed by atoms with van der Waals surface area (Å²) in [7, 11) is 0. The van der Waals surface area contributed by atoms with E-state index >= 15 is 0 Å². The number of hydrazone groups is 1. The van der Waals surface area contributed by atoms with Crippen LogP contribution in [0.2, 0.25) is 0 Å². The topological polar surface area (TPSA) is 89.3 Å². The number of nitrogens with zero attached hydrogens (tertiary/aromatic N) is 5. The molecule has 2 aromatic rings. The van der Waals surface area contributed by atoms with Crippen molar-refractivity contribution in [3.63, 3.8) is 0 Å². The number of rotatable bonds is 6. The average Bonchev–Trinajstić information content (AvgIpc) is 3.48. The maximum atomic E-state index is 14.7. The number of amides is 2. The molecular formula is C28H30F3N5O4. The van der Waals surface area contributed by atoms with Crippen molar-refractivity contribution in [1.29, 1.82) is 0 Å². The Morgan fingerprint density at radius 3 is 2.62 bits per heavy atom. The van der Waals surface area contributed by atoms with E-state index in [9.17, 15) is 22.8 Å². The summed E-state index contributed by atoms with van der Waals surface area (Å²) in [5.74, 6) is -3.38. The van der Waals surface area contributed by atoms with E-state index in [4.69, 9.17) is 9.47 Å². The number of likely N-dealkylation sites (tertiary alicyclic amines) is 1. The molecule has 3 atom stereocenters. The largest absolute Gasteiger partial charge is 0.483 e. The predicted molar refractivity (Wildman–Crippen MR) is 140 cm³/mol. The molecule has 0 spiro atoms. The summed E-state index contributed by atoms with van der Waals surface area (Å²) in [5, 5.41) is 5.43. The summed E-state index contributed by atoms with van der Waals surface area (Å²) >= 11 is 0. The molecule has 40 heavy (non-hydrogen) atoms. The van der Waals surface area contributed by atoms with Gasteiger partial charge >= 0.3 is 12.0 Å². The molecule has 9 nitrogen and oxygen atoms in total. The first-order valence-electron chi connectivity index (χ1n) is 13.1. The molecule has 1 fully saturated rings. The first-order valence-corrected chi connectivity index (χ1v) is 13.1. The van der Waals surface area contributed by atoms with Gasteiger partial charge in [0.15, 0.2) is 11.6 Å². The molecule has 0 bridgehead atoms. The highest BCUT2D eigenvalue weighted by Crippen LogP contribution is 2.37. The van der Waals surface area contributed by atoms with Crippen LogP contribution in [0.4, 0.5) is 18.0 Å². The van der Waals surface area contributed by atoms with E-state index in [1.54, 1.807) is 38.5 Å². The monoisotopic (exact) mass is 557 g/mol. The highest BCUT2D eigenvalue weighted by atomic mass is 19.1. The van der Waals surface area contributed by atoms with Gasteiger partial charge in [0.05, 0.1) is 31.9 Å². The van der Waals surface area contributed by atoms with Gasteiger partial charge in [0.25, 0.3) is 0 Å². The Bertz CT molecular complexity index is 1430. The van der Waals surface area contributed by atoms with E-state index in [2.05, 4.69) is 10.1 Å². The summed E-state index contributed by atoms with van der Waals surface area (Å²) in [4.78, 5) is 31.4. The molecule has 12 heteroatoms. The molecule has 2 aliphatic heterocycles. The van der Waals surface area contributed by atoms with Crippen LogP contribution < -0.4 is 4.74 Å². The van der Waals surface area contributed by atoms with Crippen molar-refractivity contribution in [3.05, 3.63) is 64.9 Å². The van der Waals surface area contributed by atoms with Crippen LogP contribution in [0.25, 0.3) is 5.82 Å². The number of aryl methyl sites for hydroxylation is 2. The van der Waals surface area contributed by atoms with Gasteiger partial charge < -0.3 is 14.4 Å². The first-order chi connectivity index (χ1) is 19.1. The summed E-state index contributed by atoms with van der Waals surface area (Å²) in [6, 6.07) is 2.28. The fraction of sp³-hybridized carbons (Fsp3) is 0.429. The zero-order chi connectivity index (χ0) is 28.7. The van der Waals surface area contributed by atoms with Gasteiger partial charge in [0, 0.05) is 42.3 Å². The van der Waals surface area contributed by atoms with Crippen molar-refractivity contribution in [2.75, 3.05) is 19.7 Å². The van der Waals surface area contributed by atoms with Crippen LogP contribution in [0, 0.1) is 31.5 Å². The number of aromatic nitrogens is 2. The summed E-state index contributed by atoms with van der Waals surface area (Å²) in [6.45, 7) is 7.48. The third-order valence-electron chi connectivity index (χ3n) is 7.44. The molecular weight excluding hydrogens is 527 g/mol. The third-order valence-corrected chi connectivity index (χ3v) is 7.44. The number of esters is 1. The predicted octanol–water partition coefficient (Wildman–Crippen LogP) is 5.02. The standard InChI is InChI=1S/C28H30F3N5O4/c1-5-39-27(37)26-15(2)8-16(3)35(26)25-11-24(22(31)12-32-25)40-19-13-34(14-19)28(38)36-23(6-7-33-36)20-9-18(29)10-21(30)17(20)4/h7-12,17,19-20,23H,5-6,13-14H2,1-4H3/t17?,20?,23-/m0/s1. The lowest BCUT2D eigenvalue weighted by molar-refractivity contribution is 0.0223. The Labute approximate surface area is 229 Å². The quantitative estimate of drug-likeness (QED) is 0.466. The van der Waals surface area contributed by atoms with E-state index in [0.29, 0.717) is 23.4 Å². The van der Waals surface area contributed by atoms with E-state index in [0.717, 1.165) is 12.3 Å². The number of carbonyl (C=O) groups is 2. The van der Waals surface area contributed by atoms with Crippen LogP contribution in [0.5, 0.6) is 5.75 Å². The molecule has 0 aromatic carbocycles. The molecule has 212 valence electrons. The number of allylic oxidation sites excluding steroid dienone is 3. The van der Waals surface area contributed by atoms with Crippen LogP contribution in [0.3, 0.4) is 0 Å². The van der Waals surface area contributed by atoms with Crippen molar-refractivity contribution in [1.82, 2.24) is 19.5 Å². The molecule has 2 aromatic heterocycles. The minimum atomic E-state index is -0.688. The molecule has 4 heterocycles. The van der Waals surface area contributed by atoms with Gasteiger partial charge in [-0.1, -0.05) is 6.92 Å². The van der Waals surface area contributed by atoms with Gasteiger partial charge in [0.2, 0.25) is 0 Å². The number of ether oxygens (including phenoxy) is 2. The number of hydrogen-bond donors (Lipinski definition) is 0. The Morgan fingerprint density at radius 2 is 1.90 bits per heavy atom. The normalized spacial score (nSPS) is 22.6. The van der Waals surface area contributed by atoms with Crippen LogP contribution in [0.1, 0.15) is 42.0 Å². The molecule has 0 saturated carbocycles. The number of pyridine rings is 1. The molecule has 5 rings (SSSR count). The van der Waals surface area contributed by atoms with Gasteiger partial charge in [-0.2, -0.15) is 5.10 Å². The van der Waals surface area contributed by atoms with Crippen LogP contribution in [-0.2, 0) is 4.74 Å². The average molecular weight is 558 g/mol. The molecule has 2 unspecified atom stereocenters. The summed E-state index contributed by atoms with van der Waals surface area (Å²) in [6.07, 6.45) is 4.66. The van der Waals surface area contributed by atoms with E-state index in [1.165, 1.54) is 22.1 Å². The molecule has 3 aliphatic rings. The lowest BCUT2D eigenvalue weighted by atomic mass is 9.82. The van der Waals surface area contributed by atoms with Crippen molar-refractivity contribution in [2.45, 2.75) is 46.3 Å². The van der Waals surface area contributed by atoms with Gasteiger partial charge in [0.1, 0.15) is 29.3 Å². The van der Waals surface area contributed by atoms with Crippen molar-refractivity contribution < 1.29 is 32.2 Å². The minimum Gasteiger partial charge on any atom is -0.483 e. The Morgan fingerprint density at radius 1 is 1.15 bits per heavy atom. The SMILES string of the molecule is CCOC(=O)c1c(C)cc(C)n1-c1cc(OC2CN(C(=O)N3N=CC[C@H]3C3C=C(F)C=C(F)C3C)C2)c(F)cn1. The number of urea groups is 1. The third kappa shape index (κ3) is 4.98. The number of hydrogen-bond acceptors (Lipinski definition) is 6. The minimum absolute atomic E-state index is 0.0707. The van der Waals surface area contributed by atoms with Gasteiger partial charge in [-0.15, -0.1) is 0 Å². The molecule has 2 amide bonds. The maximum Gasteiger partial charge on any atom is 0.355 e. The summed E-state index contributed by atoms with van der Waals surface area (Å²) < 4.78 is 55.4. The van der Waals surface area contributed by atoms with Crippen molar-refractivity contribution in [3.8, 4) is 11.6 Å². The zero-order valence-corrected chi connectivity index (χ0v) is 22.6. The van der Waals surface area contributed by atoms with Crippen LogP contribution in [0.15, 0.2) is 47.2 Å².